The van der Waals surface area contributed by atoms with E-state index in [1.807, 2.05) is 13.8 Å². The first-order chi connectivity index (χ1) is 6.99. The molecule has 0 spiro atoms. The van der Waals surface area contributed by atoms with Gasteiger partial charge in [-0.25, -0.2) is 13.6 Å². The zero-order valence-electron chi connectivity index (χ0n) is 9.10. The van der Waals surface area contributed by atoms with Crippen molar-refractivity contribution in [1.29, 1.82) is 0 Å². The lowest BCUT2D eigenvalue weighted by Gasteiger charge is -2.02. The number of aromatic nitrogens is 2. The van der Waals surface area contributed by atoms with Crippen molar-refractivity contribution in [2.45, 2.75) is 44.7 Å². The molecule has 1 heterocycles. The molecule has 2 N–H and O–H groups in total. The van der Waals surface area contributed by atoms with Crippen LogP contribution in [0.15, 0.2) is 11.1 Å². The van der Waals surface area contributed by atoms with Gasteiger partial charge in [-0.05, 0) is 18.9 Å². The Morgan fingerprint density at radius 1 is 1.40 bits per heavy atom. The number of hydrogen-bond donors (Lipinski definition) is 1. The van der Waals surface area contributed by atoms with Gasteiger partial charge in [0.25, 0.3) is 10.0 Å². The molecule has 0 amide bonds. The van der Waals surface area contributed by atoms with E-state index in [0.717, 1.165) is 25.0 Å². The van der Waals surface area contributed by atoms with E-state index in [1.165, 1.54) is 4.68 Å². The number of sulfonamides is 1. The topological polar surface area (TPSA) is 78.0 Å². The van der Waals surface area contributed by atoms with Gasteiger partial charge in [0, 0.05) is 6.54 Å². The third kappa shape index (κ3) is 3.04. The molecule has 5 nitrogen and oxygen atoms in total. The Hall–Kier alpha value is -0.880. The Labute approximate surface area is 90.3 Å². The van der Waals surface area contributed by atoms with Crippen molar-refractivity contribution in [2.24, 2.45) is 5.14 Å². The molecule has 0 radical (unpaired) electrons. The maximum Gasteiger partial charge on any atom is 0.255 e. The first kappa shape index (κ1) is 12.2. The molecule has 86 valence electrons. The van der Waals surface area contributed by atoms with Crippen LogP contribution in [0, 0.1) is 0 Å². The van der Waals surface area contributed by atoms with Crippen LogP contribution in [-0.4, -0.2) is 18.2 Å². The molecular weight excluding hydrogens is 214 g/mol. The highest BCUT2D eigenvalue weighted by Gasteiger charge is 2.16. The molecule has 0 aromatic carbocycles. The largest absolute Gasteiger partial charge is 0.255 e. The van der Waals surface area contributed by atoms with E-state index in [9.17, 15) is 8.42 Å². The Balaban J connectivity index is 3.11. The van der Waals surface area contributed by atoms with E-state index in [2.05, 4.69) is 5.10 Å². The molecule has 1 aromatic rings. The van der Waals surface area contributed by atoms with Crippen LogP contribution in [0.2, 0.25) is 0 Å². The smallest absolute Gasteiger partial charge is 0.253 e. The second-order valence-electron chi connectivity index (χ2n) is 3.49. The molecule has 15 heavy (non-hydrogen) atoms. The summed E-state index contributed by atoms with van der Waals surface area (Å²) >= 11 is 0. The molecule has 0 aliphatic rings. The lowest BCUT2D eigenvalue weighted by Crippen LogP contribution is -2.17. The third-order valence-corrected chi connectivity index (χ3v) is 2.94. The summed E-state index contributed by atoms with van der Waals surface area (Å²) in [6.45, 7) is 4.57. The van der Waals surface area contributed by atoms with E-state index < -0.39 is 10.0 Å². The van der Waals surface area contributed by atoms with Crippen molar-refractivity contribution in [2.75, 3.05) is 0 Å². The van der Waals surface area contributed by atoms with Crippen molar-refractivity contribution in [3.8, 4) is 0 Å². The summed E-state index contributed by atoms with van der Waals surface area (Å²) in [6.07, 6.45) is 2.54. The maximum atomic E-state index is 11.3. The van der Waals surface area contributed by atoms with Gasteiger partial charge in [-0.2, -0.15) is 5.10 Å². The van der Waals surface area contributed by atoms with Gasteiger partial charge in [-0.1, -0.05) is 20.3 Å². The standard InChI is InChI=1S/C9H17N3O2S/c1-3-5-8-7-9(15(10,13)14)12(11-8)6-4-2/h7H,3-6H2,1-2H3,(H2,10,13,14). The SMILES string of the molecule is CCCc1cc(S(N)(=O)=O)n(CCC)n1. The first-order valence-corrected chi connectivity index (χ1v) is 6.63. The highest BCUT2D eigenvalue weighted by atomic mass is 32.2. The second kappa shape index (κ2) is 4.76. The van der Waals surface area contributed by atoms with Gasteiger partial charge in [-0.3, -0.25) is 4.68 Å². The Bertz CT molecular complexity index is 423. The van der Waals surface area contributed by atoms with Gasteiger partial charge < -0.3 is 0 Å². The Morgan fingerprint density at radius 2 is 2.07 bits per heavy atom. The summed E-state index contributed by atoms with van der Waals surface area (Å²) in [5, 5.41) is 9.44. The summed E-state index contributed by atoms with van der Waals surface area (Å²) < 4.78 is 24.0. The van der Waals surface area contributed by atoms with Crippen molar-refractivity contribution in [1.82, 2.24) is 9.78 Å². The molecule has 1 rings (SSSR count). The Kier molecular flexibility index (Phi) is 3.87. The number of nitrogens with zero attached hydrogens (tertiary/aromatic N) is 2. The van der Waals surface area contributed by atoms with Gasteiger partial charge in [0.1, 0.15) is 0 Å². The fourth-order valence-electron chi connectivity index (χ4n) is 1.43. The van der Waals surface area contributed by atoms with Gasteiger partial charge in [0.2, 0.25) is 0 Å². The van der Waals surface area contributed by atoms with Crippen molar-refractivity contribution in [3.05, 3.63) is 11.8 Å². The first-order valence-electron chi connectivity index (χ1n) is 5.08. The molecule has 0 bridgehead atoms. The minimum Gasteiger partial charge on any atom is -0.253 e. The lowest BCUT2D eigenvalue weighted by molar-refractivity contribution is 0.527. The van der Waals surface area contributed by atoms with E-state index in [4.69, 9.17) is 5.14 Å². The molecule has 0 saturated carbocycles. The van der Waals surface area contributed by atoms with E-state index in [0.29, 0.717) is 6.54 Å². The van der Waals surface area contributed by atoms with Crippen molar-refractivity contribution in [3.63, 3.8) is 0 Å². The zero-order valence-corrected chi connectivity index (χ0v) is 9.92. The number of aryl methyl sites for hydroxylation is 2. The lowest BCUT2D eigenvalue weighted by atomic mass is 10.3. The maximum absolute atomic E-state index is 11.3. The third-order valence-electron chi connectivity index (χ3n) is 2.03. The van der Waals surface area contributed by atoms with Crippen LogP contribution >= 0.6 is 0 Å². The number of nitrogens with two attached hydrogens (primary N) is 1. The average Bonchev–Trinajstić information content (AvgIpc) is 2.49. The Morgan fingerprint density at radius 3 is 2.53 bits per heavy atom. The van der Waals surface area contributed by atoms with Crippen LogP contribution in [0.5, 0.6) is 0 Å². The highest BCUT2D eigenvalue weighted by molar-refractivity contribution is 7.89. The van der Waals surface area contributed by atoms with E-state index in [1.54, 1.807) is 6.07 Å². The molecular formula is C9H17N3O2S. The molecule has 0 aliphatic heterocycles. The monoisotopic (exact) mass is 231 g/mol. The molecule has 0 fully saturated rings. The summed E-state index contributed by atoms with van der Waals surface area (Å²) in [4.78, 5) is 0. The molecule has 0 aliphatic carbocycles. The number of primary sulfonamides is 1. The molecule has 6 heteroatoms. The van der Waals surface area contributed by atoms with Crippen LogP contribution < -0.4 is 5.14 Å². The number of hydrogen-bond acceptors (Lipinski definition) is 3. The van der Waals surface area contributed by atoms with Gasteiger partial charge in [0.15, 0.2) is 5.03 Å². The zero-order chi connectivity index (χ0) is 11.5. The van der Waals surface area contributed by atoms with Crippen molar-refractivity contribution < 1.29 is 8.42 Å². The van der Waals surface area contributed by atoms with Crippen molar-refractivity contribution >= 4 is 10.0 Å². The van der Waals surface area contributed by atoms with Crippen LogP contribution in [0.25, 0.3) is 0 Å². The van der Waals surface area contributed by atoms with E-state index >= 15 is 0 Å². The fourth-order valence-corrected chi connectivity index (χ4v) is 2.16. The molecule has 0 saturated heterocycles. The van der Waals surface area contributed by atoms with Crippen LogP contribution in [0.3, 0.4) is 0 Å². The predicted molar refractivity (Wildman–Crippen MR) is 57.9 cm³/mol. The average molecular weight is 231 g/mol. The van der Waals surface area contributed by atoms with Gasteiger partial charge >= 0.3 is 0 Å². The van der Waals surface area contributed by atoms with Crippen LogP contribution in [-0.2, 0) is 23.0 Å². The van der Waals surface area contributed by atoms with Gasteiger partial charge in [-0.15, -0.1) is 0 Å². The summed E-state index contributed by atoms with van der Waals surface area (Å²) in [5.74, 6) is 0. The molecule has 0 unspecified atom stereocenters. The minimum atomic E-state index is -3.65. The normalized spacial score (nSPS) is 11.9. The number of rotatable bonds is 5. The van der Waals surface area contributed by atoms with E-state index in [-0.39, 0.29) is 5.03 Å². The van der Waals surface area contributed by atoms with Crippen LogP contribution in [0.1, 0.15) is 32.4 Å². The highest BCUT2D eigenvalue weighted by Crippen LogP contribution is 2.11. The summed E-state index contributed by atoms with van der Waals surface area (Å²) in [6, 6.07) is 1.56. The minimum absolute atomic E-state index is 0.118. The molecule has 1 aromatic heterocycles. The second-order valence-corrected chi connectivity index (χ2v) is 5.00. The van der Waals surface area contributed by atoms with Gasteiger partial charge in [0.05, 0.1) is 5.69 Å². The summed E-state index contributed by atoms with van der Waals surface area (Å²) in [5.41, 5.74) is 0.787. The van der Waals surface area contributed by atoms with Crippen LogP contribution in [0.4, 0.5) is 0 Å². The molecule has 0 atom stereocenters. The summed E-state index contributed by atoms with van der Waals surface area (Å²) in [7, 11) is -3.65. The quantitative estimate of drug-likeness (QED) is 0.817. The fraction of sp³-hybridized carbons (Fsp3) is 0.667. The predicted octanol–water partition coefficient (Wildman–Crippen LogP) is 0.893.